The number of fused-ring (bicyclic) bond motifs is 5. The van der Waals surface area contributed by atoms with Crippen LogP contribution in [-0.2, 0) is 9.63 Å². The van der Waals surface area contributed by atoms with Crippen molar-refractivity contribution in [3.05, 3.63) is 23.4 Å². The number of anilines is 1. The van der Waals surface area contributed by atoms with Crippen LogP contribution in [0.2, 0.25) is 0 Å². The molecule has 158 valence electrons. The molecule has 7 atom stereocenters. The van der Waals surface area contributed by atoms with Gasteiger partial charge in [0.25, 0.3) is 0 Å². The molecule has 5 nitrogen and oxygen atoms in total. The van der Waals surface area contributed by atoms with Crippen molar-refractivity contribution < 1.29 is 9.63 Å². The van der Waals surface area contributed by atoms with Gasteiger partial charge in [-0.3, -0.25) is 4.79 Å². The maximum absolute atomic E-state index is 12.7. The van der Waals surface area contributed by atoms with Crippen LogP contribution in [0.4, 0.5) is 5.13 Å². The fourth-order valence-electron chi connectivity index (χ4n) is 7.37. The zero-order valence-corrected chi connectivity index (χ0v) is 18.6. The number of thiazole rings is 1. The maximum Gasteiger partial charge on any atom is 0.226 e. The molecule has 0 unspecified atom stereocenters. The molecule has 0 bridgehead atoms. The quantitative estimate of drug-likeness (QED) is 0.725. The van der Waals surface area contributed by atoms with Crippen LogP contribution in [-0.4, -0.2) is 16.9 Å². The normalized spacial score (nSPS) is 43.1. The molecule has 0 radical (unpaired) electrons. The van der Waals surface area contributed by atoms with E-state index in [2.05, 4.69) is 35.7 Å². The summed E-state index contributed by atoms with van der Waals surface area (Å²) < 4.78 is 0. The van der Waals surface area contributed by atoms with Gasteiger partial charge in [-0.25, -0.2) is 4.98 Å². The van der Waals surface area contributed by atoms with Crippen molar-refractivity contribution in [2.24, 2.45) is 34.5 Å². The predicted octanol–water partition coefficient (Wildman–Crippen LogP) is 5.06. The van der Waals surface area contributed by atoms with Crippen molar-refractivity contribution in [3.63, 3.8) is 0 Å². The molecule has 1 aromatic heterocycles. The van der Waals surface area contributed by atoms with E-state index in [-0.39, 0.29) is 11.3 Å². The number of nitrogens with one attached hydrogen (secondary N) is 2. The lowest BCUT2D eigenvalue weighted by Gasteiger charge is -2.58. The summed E-state index contributed by atoms with van der Waals surface area (Å²) in [6.07, 6.45) is 14.1. The van der Waals surface area contributed by atoms with Crippen LogP contribution >= 0.6 is 11.3 Å². The van der Waals surface area contributed by atoms with Gasteiger partial charge in [0.1, 0.15) is 6.26 Å². The van der Waals surface area contributed by atoms with Crippen molar-refractivity contribution in [1.82, 2.24) is 10.5 Å². The summed E-state index contributed by atoms with van der Waals surface area (Å²) in [5, 5.41) is 3.78. The number of carbonyl (C=O) groups is 1. The van der Waals surface area contributed by atoms with Crippen molar-refractivity contribution >= 4 is 22.4 Å². The number of amides is 1. The largest absolute Gasteiger partial charge is 0.417 e. The van der Waals surface area contributed by atoms with Crippen LogP contribution < -0.4 is 10.8 Å². The third-order valence-corrected chi connectivity index (χ3v) is 9.81. The lowest BCUT2D eigenvalue weighted by atomic mass is 9.48. The van der Waals surface area contributed by atoms with Gasteiger partial charge in [0.15, 0.2) is 5.13 Å². The molecule has 1 amide bonds. The Hall–Kier alpha value is -1.40. The summed E-state index contributed by atoms with van der Waals surface area (Å²) in [5.74, 6) is 2.87. The van der Waals surface area contributed by atoms with Crippen LogP contribution in [0.25, 0.3) is 0 Å². The number of aryl methyl sites for hydroxylation is 1. The van der Waals surface area contributed by atoms with E-state index in [1.165, 1.54) is 38.5 Å². The van der Waals surface area contributed by atoms with Gasteiger partial charge in [-0.1, -0.05) is 13.8 Å². The van der Waals surface area contributed by atoms with Crippen molar-refractivity contribution in [3.8, 4) is 0 Å². The molecule has 0 aromatic carbocycles. The van der Waals surface area contributed by atoms with E-state index in [0.717, 1.165) is 27.8 Å². The highest BCUT2D eigenvalue weighted by Gasteiger charge is 2.59. The van der Waals surface area contributed by atoms with Gasteiger partial charge in [-0.05, 0) is 80.6 Å². The van der Waals surface area contributed by atoms with Gasteiger partial charge < -0.3 is 10.2 Å². The molecule has 29 heavy (non-hydrogen) atoms. The maximum atomic E-state index is 12.7. The molecular formula is C23H33N3O2S. The third-order valence-electron chi connectivity index (χ3n) is 8.98. The first-order valence-electron chi connectivity index (χ1n) is 11.2. The average molecular weight is 416 g/mol. The van der Waals surface area contributed by atoms with Gasteiger partial charge in [-0.15, -0.1) is 11.3 Å². The fraction of sp³-hybridized carbons (Fsp3) is 0.739. The van der Waals surface area contributed by atoms with Gasteiger partial charge in [0.05, 0.1) is 6.04 Å². The number of aromatic nitrogens is 1. The van der Waals surface area contributed by atoms with Crippen molar-refractivity contribution in [2.45, 2.75) is 71.8 Å². The monoisotopic (exact) mass is 415 g/mol. The average Bonchev–Trinajstić information content (AvgIpc) is 3.24. The highest BCUT2D eigenvalue weighted by atomic mass is 32.1. The Labute approximate surface area is 177 Å². The molecule has 4 aliphatic rings. The lowest BCUT2D eigenvalue weighted by molar-refractivity contribution is -0.120. The van der Waals surface area contributed by atoms with Crippen LogP contribution in [0.15, 0.2) is 18.5 Å². The minimum absolute atomic E-state index is 0.139. The topological polar surface area (TPSA) is 63.2 Å². The number of hydrogen-bond acceptors (Lipinski definition) is 5. The highest BCUT2D eigenvalue weighted by Crippen LogP contribution is 2.65. The minimum Gasteiger partial charge on any atom is -0.417 e. The second-order valence-electron chi connectivity index (χ2n) is 10.3. The predicted molar refractivity (Wildman–Crippen MR) is 115 cm³/mol. The minimum atomic E-state index is 0.139. The first-order chi connectivity index (χ1) is 13.9. The highest BCUT2D eigenvalue weighted by molar-refractivity contribution is 7.15. The molecule has 1 aliphatic heterocycles. The Kier molecular flexibility index (Phi) is 4.78. The standard InChI is InChI=1S/C23H33N3O2S/c1-14-13-24-21(29-14)25-20(27)12-15-4-6-17-16-5-7-19-23(3,10-11-28-26-19)18(16)8-9-22(15,17)2/h10-11,13,15-19,26H,4-9,12H2,1-3H3,(H,24,25,27)/t15-,16+,17+,18+,19-,22-,23-/m1/s1. The first-order valence-corrected chi connectivity index (χ1v) is 12.0. The SMILES string of the molecule is Cc1cnc(NC(=O)C[C@H]2CC[C@H]3[C@@H]4CC[C@H]5NOC=C[C@]5(C)[C@H]4CC[C@]23C)s1. The van der Waals surface area contributed by atoms with E-state index in [4.69, 9.17) is 4.84 Å². The van der Waals surface area contributed by atoms with E-state index in [0.29, 0.717) is 23.8 Å². The van der Waals surface area contributed by atoms with E-state index in [1.807, 2.05) is 19.4 Å². The zero-order valence-electron chi connectivity index (χ0n) is 17.7. The third kappa shape index (κ3) is 3.14. The van der Waals surface area contributed by atoms with Crippen LogP contribution in [0.1, 0.15) is 63.7 Å². The number of hydroxylamine groups is 1. The van der Waals surface area contributed by atoms with Gasteiger partial charge in [-0.2, -0.15) is 5.48 Å². The lowest BCUT2D eigenvalue weighted by Crippen LogP contribution is -2.57. The summed E-state index contributed by atoms with van der Waals surface area (Å²) in [6, 6.07) is 0.433. The number of hydrogen-bond donors (Lipinski definition) is 2. The van der Waals surface area contributed by atoms with E-state index >= 15 is 0 Å². The molecule has 5 rings (SSSR count). The summed E-state index contributed by atoms with van der Waals surface area (Å²) in [7, 11) is 0. The van der Waals surface area contributed by atoms with Gasteiger partial charge in [0, 0.05) is 22.9 Å². The fourth-order valence-corrected chi connectivity index (χ4v) is 8.05. The Bertz CT molecular complexity index is 823. The number of nitrogens with zero attached hydrogens (tertiary/aromatic N) is 1. The smallest absolute Gasteiger partial charge is 0.226 e. The second-order valence-corrected chi connectivity index (χ2v) is 11.5. The Balaban J connectivity index is 1.30. The molecular weight excluding hydrogens is 382 g/mol. The molecule has 0 spiro atoms. The first kappa shape index (κ1) is 19.6. The van der Waals surface area contributed by atoms with E-state index in [1.54, 1.807) is 11.3 Å². The Morgan fingerprint density at radius 1 is 1.28 bits per heavy atom. The van der Waals surface area contributed by atoms with Crippen LogP contribution in [0, 0.1) is 41.4 Å². The molecule has 6 heteroatoms. The zero-order chi connectivity index (χ0) is 20.2. The Morgan fingerprint density at radius 3 is 2.93 bits per heavy atom. The summed E-state index contributed by atoms with van der Waals surface area (Å²) in [4.78, 5) is 23.6. The van der Waals surface area contributed by atoms with Crippen LogP contribution in [0.3, 0.4) is 0 Å². The molecule has 3 fully saturated rings. The Morgan fingerprint density at radius 2 is 2.14 bits per heavy atom. The number of rotatable bonds is 3. The van der Waals surface area contributed by atoms with E-state index in [9.17, 15) is 4.79 Å². The molecule has 2 heterocycles. The molecule has 1 aromatic rings. The van der Waals surface area contributed by atoms with E-state index < -0.39 is 0 Å². The van der Waals surface area contributed by atoms with Gasteiger partial charge >= 0.3 is 0 Å². The van der Waals surface area contributed by atoms with Crippen LogP contribution in [0.5, 0.6) is 0 Å². The molecule has 3 saturated carbocycles. The van der Waals surface area contributed by atoms with Crippen molar-refractivity contribution in [2.75, 3.05) is 5.32 Å². The summed E-state index contributed by atoms with van der Waals surface area (Å²) in [5.41, 5.74) is 3.77. The molecule has 0 saturated heterocycles. The van der Waals surface area contributed by atoms with Gasteiger partial charge in [0.2, 0.25) is 5.91 Å². The molecule has 2 N–H and O–H groups in total. The number of carbonyl (C=O) groups excluding carboxylic acids is 1. The summed E-state index contributed by atoms with van der Waals surface area (Å²) >= 11 is 1.56. The van der Waals surface area contributed by atoms with Crippen molar-refractivity contribution in [1.29, 1.82) is 0 Å². The molecule has 3 aliphatic carbocycles. The summed E-state index contributed by atoms with van der Waals surface area (Å²) in [6.45, 7) is 6.94. The second kappa shape index (κ2) is 7.09.